The molecule has 0 fully saturated rings. The van der Waals surface area contributed by atoms with Crippen molar-refractivity contribution in [3.63, 3.8) is 0 Å². The molecule has 0 heterocycles. The van der Waals surface area contributed by atoms with Crippen LogP contribution >= 0.6 is 0 Å². The van der Waals surface area contributed by atoms with Crippen molar-refractivity contribution >= 4 is 22.7 Å². The van der Waals surface area contributed by atoms with Gasteiger partial charge in [-0.3, -0.25) is 0 Å². The maximum absolute atomic E-state index is 9.02. The van der Waals surface area contributed by atoms with Gasteiger partial charge in [-0.1, -0.05) is 0 Å². The van der Waals surface area contributed by atoms with Crippen molar-refractivity contribution in [3.8, 4) is 11.1 Å². The van der Waals surface area contributed by atoms with Crippen LogP contribution in [0, 0.1) is 0 Å². The van der Waals surface area contributed by atoms with E-state index in [2.05, 4.69) is 22.0 Å². The standard InChI is InChI=1S/C16H22N4O/c1-18-12-4-6-15(19-2)14(10-12)13-9-11(17)3-5-16(13)20-7-8-21/h3-6,9-10,18-21H,7-8,17H2,1-2H3. The molecular weight excluding hydrogens is 264 g/mol. The fourth-order valence-corrected chi connectivity index (χ4v) is 2.27. The van der Waals surface area contributed by atoms with Crippen LogP contribution in [0.5, 0.6) is 0 Å². The molecule has 0 aliphatic carbocycles. The zero-order valence-electron chi connectivity index (χ0n) is 12.4. The summed E-state index contributed by atoms with van der Waals surface area (Å²) in [4.78, 5) is 0. The molecule has 0 bridgehead atoms. The van der Waals surface area contributed by atoms with Crippen LogP contribution < -0.4 is 21.7 Å². The summed E-state index contributed by atoms with van der Waals surface area (Å²) in [6.07, 6.45) is 0. The first-order valence-corrected chi connectivity index (χ1v) is 6.93. The van der Waals surface area contributed by atoms with Crippen LogP contribution in [0.1, 0.15) is 0 Å². The molecule has 0 aromatic heterocycles. The van der Waals surface area contributed by atoms with Crippen LogP contribution in [0.3, 0.4) is 0 Å². The van der Waals surface area contributed by atoms with Gasteiger partial charge in [0.15, 0.2) is 0 Å². The van der Waals surface area contributed by atoms with Gasteiger partial charge >= 0.3 is 0 Å². The summed E-state index contributed by atoms with van der Waals surface area (Å²) < 4.78 is 0. The molecule has 0 amide bonds. The van der Waals surface area contributed by atoms with Crippen LogP contribution in [-0.2, 0) is 0 Å². The maximum atomic E-state index is 9.02. The van der Waals surface area contributed by atoms with Crippen LogP contribution in [0.15, 0.2) is 36.4 Å². The molecule has 5 nitrogen and oxygen atoms in total. The topological polar surface area (TPSA) is 82.3 Å². The van der Waals surface area contributed by atoms with Gasteiger partial charge in [0.05, 0.1) is 6.61 Å². The number of aliphatic hydroxyl groups excluding tert-OH is 1. The van der Waals surface area contributed by atoms with E-state index in [-0.39, 0.29) is 6.61 Å². The molecule has 0 aliphatic rings. The van der Waals surface area contributed by atoms with Crippen molar-refractivity contribution < 1.29 is 5.11 Å². The summed E-state index contributed by atoms with van der Waals surface area (Å²) in [5.74, 6) is 0. The molecule has 0 spiro atoms. The molecule has 0 atom stereocenters. The predicted octanol–water partition coefficient (Wildman–Crippen LogP) is 2.42. The number of hydrogen-bond acceptors (Lipinski definition) is 5. The number of benzene rings is 2. The Bertz CT molecular complexity index is 613. The number of nitrogens with two attached hydrogens (primary N) is 1. The van der Waals surface area contributed by atoms with Crippen molar-refractivity contribution in [2.24, 2.45) is 0 Å². The third-order valence-electron chi connectivity index (χ3n) is 3.34. The highest BCUT2D eigenvalue weighted by atomic mass is 16.3. The molecule has 2 rings (SSSR count). The molecule has 5 heteroatoms. The Hall–Kier alpha value is -2.40. The smallest absolute Gasteiger partial charge is 0.0604 e. The van der Waals surface area contributed by atoms with E-state index >= 15 is 0 Å². The molecule has 0 saturated heterocycles. The van der Waals surface area contributed by atoms with Gasteiger partial charge in [-0.2, -0.15) is 0 Å². The Morgan fingerprint density at radius 3 is 2.33 bits per heavy atom. The zero-order chi connectivity index (χ0) is 15.2. The van der Waals surface area contributed by atoms with Gasteiger partial charge in [-0.25, -0.2) is 0 Å². The fraction of sp³-hybridized carbons (Fsp3) is 0.250. The van der Waals surface area contributed by atoms with E-state index in [0.29, 0.717) is 12.2 Å². The van der Waals surface area contributed by atoms with Crippen molar-refractivity contribution in [1.82, 2.24) is 0 Å². The molecule has 2 aromatic carbocycles. The van der Waals surface area contributed by atoms with Gasteiger partial charge in [0.25, 0.3) is 0 Å². The van der Waals surface area contributed by atoms with Crippen LogP contribution in [0.2, 0.25) is 0 Å². The minimum absolute atomic E-state index is 0.0826. The summed E-state index contributed by atoms with van der Waals surface area (Å²) in [5.41, 5.74) is 11.7. The Labute approximate surface area is 125 Å². The highest BCUT2D eigenvalue weighted by Crippen LogP contribution is 2.36. The van der Waals surface area contributed by atoms with Gasteiger partial charge < -0.3 is 26.8 Å². The third kappa shape index (κ3) is 3.38. The molecule has 0 saturated carbocycles. The van der Waals surface area contributed by atoms with Crippen molar-refractivity contribution in [1.29, 1.82) is 0 Å². The van der Waals surface area contributed by atoms with Crippen molar-refractivity contribution in [2.45, 2.75) is 0 Å². The monoisotopic (exact) mass is 286 g/mol. The minimum Gasteiger partial charge on any atom is -0.399 e. The SMILES string of the molecule is CNc1ccc(NC)c(-c2cc(N)ccc2NCCO)c1. The van der Waals surface area contributed by atoms with E-state index in [1.165, 1.54) is 0 Å². The molecule has 0 radical (unpaired) electrons. The minimum atomic E-state index is 0.0826. The van der Waals surface area contributed by atoms with E-state index in [4.69, 9.17) is 10.8 Å². The predicted molar refractivity (Wildman–Crippen MR) is 91.0 cm³/mol. The number of hydrogen-bond donors (Lipinski definition) is 5. The zero-order valence-corrected chi connectivity index (χ0v) is 12.4. The van der Waals surface area contributed by atoms with E-state index in [1.54, 1.807) is 0 Å². The summed E-state index contributed by atoms with van der Waals surface area (Å²) >= 11 is 0. The lowest BCUT2D eigenvalue weighted by Gasteiger charge is -2.17. The number of aliphatic hydroxyl groups is 1. The van der Waals surface area contributed by atoms with Crippen LogP contribution in [-0.4, -0.2) is 32.4 Å². The molecule has 0 unspecified atom stereocenters. The molecule has 21 heavy (non-hydrogen) atoms. The van der Waals surface area contributed by atoms with E-state index in [9.17, 15) is 0 Å². The second-order valence-electron chi connectivity index (χ2n) is 4.72. The normalized spacial score (nSPS) is 10.2. The van der Waals surface area contributed by atoms with Gasteiger partial charge in [0.2, 0.25) is 0 Å². The number of nitrogen functional groups attached to an aromatic ring is 1. The highest BCUT2D eigenvalue weighted by Gasteiger charge is 2.10. The molecule has 112 valence electrons. The lowest BCUT2D eigenvalue weighted by molar-refractivity contribution is 0.311. The first kappa shape index (κ1) is 15.0. The fourth-order valence-electron chi connectivity index (χ4n) is 2.27. The van der Waals surface area contributed by atoms with Crippen molar-refractivity contribution in [3.05, 3.63) is 36.4 Å². The maximum Gasteiger partial charge on any atom is 0.0604 e. The van der Waals surface area contributed by atoms with E-state index < -0.39 is 0 Å². The second kappa shape index (κ2) is 6.85. The first-order chi connectivity index (χ1) is 10.2. The Morgan fingerprint density at radius 2 is 1.67 bits per heavy atom. The number of rotatable bonds is 6. The summed E-state index contributed by atoms with van der Waals surface area (Å²) in [6, 6.07) is 11.8. The Kier molecular flexibility index (Phi) is 4.90. The Morgan fingerprint density at radius 1 is 0.952 bits per heavy atom. The Balaban J connectivity index is 2.55. The summed E-state index contributed by atoms with van der Waals surface area (Å²) in [5, 5.41) is 18.6. The average molecular weight is 286 g/mol. The summed E-state index contributed by atoms with van der Waals surface area (Å²) in [6.45, 7) is 0.580. The lowest BCUT2D eigenvalue weighted by Crippen LogP contribution is -2.07. The van der Waals surface area contributed by atoms with Crippen molar-refractivity contribution in [2.75, 3.05) is 48.9 Å². The molecule has 0 aliphatic heterocycles. The van der Waals surface area contributed by atoms with Gasteiger partial charge in [0.1, 0.15) is 0 Å². The van der Waals surface area contributed by atoms with Crippen LogP contribution in [0.25, 0.3) is 11.1 Å². The first-order valence-electron chi connectivity index (χ1n) is 6.93. The van der Waals surface area contributed by atoms with E-state index in [0.717, 1.165) is 28.2 Å². The molecular formula is C16H22N4O. The largest absolute Gasteiger partial charge is 0.399 e. The average Bonchev–Trinajstić information content (AvgIpc) is 2.53. The van der Waals surface area contributed by atoms with E-state index in [1.807, 2.05) is 44.4 Å². The van der Waals surface area contributed by atoms with Crippen LogP contribution in [0.4, 0.5) is 22.7 Å². The number of anilines is 4. The lowest BCUT2D eigenvalue weighted by atomic mass is 10.00. The van der Waals surface area contributed by atoms with Gasteiger partial charge in [0, 0.05) is 54.5 Å². The van der Waals surface area contributed by atoms with Gasteiger partial charge in [-0.05, 0) is 36.4 Å². The quantitative estimate of drug-likeness (QED) is 0.527. The van der Waals surface area contributed by atoms with Gasteiger partial charge in [-0.15, -0.1) is 0 Å². The second-order valence-corrected chi connectivity index (χ2v) is 4.72. The number of nitrogens with one attached hydrogen (secondary N) is 3. The highest BCUT2D eigenvalue weighted by molar-refractivity contribution is 5.89. The molecule has 2 aromatic rings. The summed E-state index contributed by atoms with van der Waals surface area (Å²) in [7, 11) is 3.79. The third-order valence-corrected chi connectivity index (χ3v) is 3.34. The molecule has 6 N–H and O–H groups in total.